The van der Waals surface area contributed by atoms with Crippen molar-refractivity contribution in [1.29, 1.82) is 0 Å². The fourth-order valence-electron chi connectivity index (χ4n) is 2.95. The van der Waals surface area contributed by atoms with E-state index < -0.39 is 0 Å². The van der Waals surface area contributed by atoms with Crippen molar-refractivity contribution in [1.82, 2.24) is 5.32 Å². The van der Waals surface area contributed by atoms with Gasteiger partial charge in [-0.05, 0) is 61.2 Å². The van der Waals surface area contributed by atoms with Gasteiger partial charge in [-0.1, -0.05) is 24.3 Å². The molecule has 0 aliphatic heterocycles. The average molecular weight is 271 g/mol. The van der Waals surface area contributed by atoms with Gasteiger partial charge in [0.05, 0.1) is 0 Å². The zero-order valence-corrected chi connectivity index (χ0v) is 12.5. The molecule has 0 saturated heterocycles. The minimum absolute atomic E-state index is 0.406. The Bertz CT molecular complexity index is 544. The summed E-state index contributed by atoms with van der Waals surface area (Å²) in [4.78, 5) is 1.41. The first-order chi connectivity index (χ1) is 9.24. The van der Waals surface area contributed by atoms with Crippen LogP contribution in [0, 0.1) is 0 Å². The third-order valence-electron chi connectivity index (χ3n) is 4.09. The molecule has 19 heavy (non-hydrogen) atoms. The zero-order valence-electron chi connectivity index (χ0n) is 11.6. The first-order valence-corrected chi connectivity index (χ1v) is 8.03. The molecule has 2 heteroatoms. The summed E-state index contributed by atoms with van der Waals surface area (Å²) >= 11 is 1.83. The monoisotopic (exact) mass is 271 g/mol. The largest absolute Gasteiger partial charge is 0.303 e. The summed E-state index contributed by atoms with van der Waals surface area (Å²) in [6.45, 7) is 4.51. The van der Waals surface area contributed by atoms with Crippen molar-refractivity contribution in [3.63, 3.8) is 0 Å². The van der Waals surface area contributed by atoms with Crippen molar-refractivity contribution in [2.45, 2.75) is 45.2 Å². The minimum atomic E-state index is 0.406. The van der Waals surface area contributed by atoms with E-state index in [1.807, 2.05) is 11.3 Å². The summed E-state index contributed by atoms with van der Waals surface area (Å²) in [5.41, 5.74) is 4.54. The number of benzene rings is 1. The van der Waals surface area contributed by atoms with E-state index in [0.29, 0.717) is 12.1 Å². The summed E-state index contributed by atoms with van der Waals surface area (Å²) in [5, 5.41) is 5.85. The predicted octanol–water partition coefficient (Wildman–Crippen LogP) is 4.65. The number of hydrogen-bond acceptors (Lipinski definition) is 2. The number of nitrogens with one attached hydrogen (secondary N) is 1. The maximum atomic E-state index is 3.70. The lowest BCUT2D eigenvalue weighted by Crippen LogP contribution is -2.21. The Hall–Kier alpha value is -1.12. The Kier molecular flexibility index (Phi) is 3.72. The molecule has 1 aromatic carbocycles. The number of thiophene rings is 1. The molecular formula is C17H21NS. The van der Waals surface area contributed by atoms with Gasteiger partial charge in [0.2, 0.25) is 0 Å². The smallest absolute Gasteiger partial charge is 0.0391 e. The van der Waals surface area contributed by atoms with Gasteiger partial charge in [0, 0.05) is 17.0 Å². The molecule has 0 spiro atoms. The number of hydrogen-bond donors (Lipinski definition) is 1. The van der Waals surface area contributed by atoms with Crippen LogP contribution in [0.15, 0.2) is 35.7 Å². The molecule has 1 nitrogen and oxygen atoms in total. The quantitative estimate of drug-likeness (QED) is 0.853. The highest BCUT2D eigenvalue weighted by atomic mass is 32.1. The second-order valence-electron chi connectivity index (χ2n) is 5.51. The molecule has 2 atom stereocenters. The van der Waals surface area contributed by atoms with Crippen LogP contribution in [0.4, 0.5) is 0 Å². The van der Waals surface area contributed by atoms with Gasteiger partial charge in [-0.15, -0.1) is 11.3 Å². The van der Waals surface area contributed by atoms with Crippen molar-refractivity contribution in [3.8, 4) is 0 Å². The van der Waals surface area contributed by atoms with Crippen molar-refractivity contribution in [3.05, 3.63) is 57.3 Å². The topological polar surface area (TPSA) is 12.0 Å². The normalized spacial score (nSPS) is 17.2. The third-order valence-corrected chi connectivity index (χ3v) is 5.15. The molecule has 1 heterocycles. The first kappa shape index (κ1) is 12.9. The van der Waals surface area contributed by atoms with E-state index >= 15 is 0 Å². The molecule has 0 fully saturated rings. The molecule has 0 bridgehead atoms. The summed E-state index contributed by atoms with van der Waals surface area (Å²) in [7, 11) is 0. The Balaban J connectivity index is 1.72. The second-order valence-corrected chi connectivity index (χ2v) is 6.49. The summed E-state index contributed by atoms with van der Waals surface area (Å²) in [6.07, 6.45) is 3.85. The van der Waals surface area contributed by atoms with E-state index in [2.05, 4.69) is 54.9 Å². The molecule has 1 N–H and O–H groups in total. The molecule has 1 aliphatic carbocycles. The van der Waals surface area contributed by atoms with Gasteiger partial charge in [-0.3, -0.25) is 0 Å². The van der Waals surface area contributed by atoms with E-state index in [0.717, 1.165) is 0 Å². The lowest BCUT2D eigenvalue weighted by molar-refractivity contribution is 0.500. The maximum absolute atomic E-state index is 3.70. The van der Waals surface area contributed by atoms with Crippen molar-refractivity contribution in [2.75, 3.05) is 0 Å². The van der Waals surface area contributed by atoms with E-state index in [4.69, 9.17) is 0 Å². The highest BCUT2D eigenvalue weighted by Gasteiger charge is 2.15. The zero-order chi connectivity index (χ0) is 13.2. The Morgan fingerprint density at radius 1 is 1.05 bits per heavy atom. The Morgan fingerprint density at radius 3 is 2.68 bits per heavy atom. The van der Waals surface area contributed by atoms with Crippen molar-refractivity contribution >= 4 is 11.3 Å². The predicted molar refractivity (Wildman–Crippen MR) is 82.8 cm³/mol. The van der Waals surface area contributed by atoms with Gasteiger partial charge in [-0.2, -0.15) is 0 Å². The highest BCUT2D eigenvalue weighted by Crippen LogP contribution is 2.27. The maximum Gasteiger partial charge on any atom is 0.0391 e. The van der Waals surface area contributed by atoms with Crippen LogP contribution in [0.2, 0.25) is 0 Å². The Morgan fingerprint density at radius 2 is 1.89 bits per heavy atom. The van der Waals surface area contributed by atoms with Gasteiger partial charge in [-0.25, -0.2) is 0 Å². The number of aryl methyl sites for hydroxylation is 2. The van der Waals surface area contributed by atoms with E-state index in [1.54, 1.807) is 11.1 Å². The summed E-state index contributed by atoms with van der Waals surface area (Å²) in [5.74, 6) is 0. The standard InChI is InChI=1S/C17H21NS/c1-12(18-13(2)17-7-4-10-19-17)15-9-8-14-5-3-6-16(14)11-15/h4,7-13,18H,3,5-6H2,1-2H3/t12?,13-/m0/s1. The number of rotatable bonds is 4. The fraction of sp³-hybridized carbons (Fsp3) is 0.412. The van der Waals surface area contributed by atoms with Gasteiger partial charge in [0.15, 0.2) is 0 Å². The van der Waals surface area contributed by atoms with Crippen LogP contribution in [-0.4, -0.2) is 0 Å². The Labute approximate surface area is 119 Å². The van der Waals surface area contributed by atoms with Crippen LogP contribution in [-0.2, 0) is 12.8 Å². The molecule has 100 valence electrons. The lowest BCUT2D eigenvalue weighted by Gasteiger charge is -2.20. The highest BCUT2D eigenvalue weighted by molar-refractivity contribution is 7.10. The third kappa shape index (κ3) is 2.75. The molecule has 1 aliphatic rings. The molecule has 2 aromatic rings. The van der Waals surface area contributed by atoms with Crippen LogP contribution in [0.3, 0.4) is 0 Å². The minimum Gasteiger partial charge on any atom is -0.303 e. The molecule has 0 saturated carbocycles. The molecule has 1 aromatic heterocycles. The van der Waals surface area contributed by atoms with E-state index in [-0.39, 0.29) is 0 Å². The van der Waals surface area contributed by atoms with Crippen LogP contribution in [0.5, 0.6) is 0 Å². The fourth-order valence-corrected chi connectivity index (χ4v) is 3.70. The van der Waals surface area contributed by atoms with Crippen molar-refractivity contribution < 1.29 is 0 Å². The van der Waals surface area contributed by atoms with Crippen LogP contribution >= 0.6 is 11.3 Å². The molecule has 1 unspecified atom stereocenters. The van der Waals surface area contributed by atoms with E-state index in [1.165, 1.54) is 29.7 Å². The summed E-state index contributed by atoms with van der Waals surface area (Å²) < 4.78 is 0. The van der Waals surface area contributed by atoms with Crippen LogP contribution in [0.25, 0.3) is 0 Å². The molecule has 3 rings (SSSR count). The van der Waals surface area contributed by atoms with Crippen LogP contribution < -0.4 is 5.32 Å². The van der Waals surface area contributed by atoms with E-state index in [9.17, 15) is 0 Å². The lowest BCUT2D eigenvalue weighted by atomic mass is 10.0. The molecule has 0 radical (unpaired) electrons. The van der Waals surface area contributed by atoms with Gasteiger partial charge in [0.25, 0.3) is 0 Å². The summed E-state index contributed by atoms with van der Waals surface area (Å²) in [6, 6.07) is 12.2. The SMILES string of the molecule is CC(N[C@@H](C)c1cccs1)c1ccc2c(c1)CCC2. The van der Waals surface area contributed by atoms with Gasteiger partial charge in [0.1, 0.15) is 0 Å². The first-order valence-electron chi connectivity index (χ1n) is 7.15. The van der Waals surface area contributed by atoms with Gasteiger partial charge < -0.3 is 5.32 Å². The molecule has 0 amide bonds. The second kappa shape index (κ2) is 5.48. The molecular weight excluding hydrogens is 250 g/mol. The van der Waals surface area contributed by atoms with Crippen molar-refractivity contribution in [2.24, 2.45) is 0 Å². The van der Waals surface area contributed by atoms with Crippen LogP contribution in [0.1, 0.15) is 53.9 Å². The van der Waals surface area contributed by atoms with Gasteiger partial charge >= 0.3 is 0 Å². The number of fused-ring (bicyclic) bond motifs is 1. The average Bonchev–Trinajstić information content (AvgIpc) is 3.09.